The van der Waals surface area contributed by atoms with E-state index >= 15 is 0 Å². The number of rotatable bonds is 4. The van der Waals surface area contributed by atoms with Crippen LogP contribution in [0.15, 0.2) is 53.0 Å². The van der Waals surface area contributed by atoms with E-state index in [0.717, 1.165) is 5.56 Å². The molecule has 2 aromatic carbocycles. The van der Waals surface area contributed by atoms with Gasteiger partial charge >= 0.3 is 0 Å². The zero-order chi connectivity index (χ0) is 17.1. The second kappa shape index (κ2) is 7.32. The van der Waals surface area contributed by atoms with Crippen molar-refractivity contribution < 1.29 is 13.9 Å². The van der Waals surface area contributed by atoms with Crippen LogP contribution >= 0.6 is 15.9 Å². The molecule has 1 aliphatic heterocycles. The van der Waals surface area contributed by atoms with Crippen molar-refractivity contribution in [1.82, 2.24) is 4.90 Å². The number of carbonyl (C=O) groups is 1. The van der Waals surface area contributed by atoms with Crippen molar-refractivity contribution in [3.63, 3.8) is 0 Å². The molecule has 0 aliphatic carbocycles. The first-order valence-electron chi connectivity index (χ1n) is 7.71. The number of halogens is 2. The second-order valence-corrected chi connectivity index (χ2v) is 6.70. The molecular weight excluding hydrogens is 375 g/mol. The van der Waals surface area contributed by atoms with E-state index in [1.807, 2.05) is 30.3 Å². The molecule has 0 aromatic heterocycles. The summed E-state index contributed by atoms with van der Waals surface area (Å²) in [5.74, 6) is 0.0810. The molecule has 2 N–H and O–H groups in total. The van der Waals surface area contributed by atoms with E-state index in [0.29, 0.717) is 23.3 Å². The van der Waals surface area contributed by atoms with Crippen molar-refractivity contribution >= 4 is 21.8 Å². The Hall–Kier alpha value is -1.92. The Bertz CT molecular complexity index is 726. The van der Waals surface area contributed by atoms with Crippen LogP contribution in [0, 0.1) is 5.82 Å². The van der Waals surface area contributed by atoms with Gasteiger partial charge in [0.2, 0.25) is 0 Å². The Balaban J connectivity index is 1.60. The lowest BCUT2D eigenvalue weighted by Gasteiger charge is -2.17. The molecular formula is C18H18BrFN2O2. The first-order chi connectivity index (χ1) is 11.5. The van der Waals surface area contributed by atoms with Gasteiger partial charge in [0.25, 0.3) is 5.91 Å². The zero-order valence-corrected chi connectivity index (χ0v) is 14.6. The first-order valence-corrected chi connectivity index (χ1v) is 8.50. The smallest absolute Gasteiger partial charge is 0.260 e. The minimum absolute atomic E-state index is 0.0890. The number of nitrogens with two attached hydrogens (primary N) is 1. The molecule has 0 spiro atoms. The van der Waals surface area contributed by atoms with Gasteiger partial charge < -0.3 is 15.4 Å². The highest BCUT2D eigenvalue weighted by Gasteiger charge is 2.33. The van der Waals surface area contributed by atoms with Crippen LogP contribution in [-0.4, -0.2) is 36.5 Å². The third-order valence-electron chi connectivity index (χ3n) is 4.19. The molecule has 1 fully saturated rings. The summed E-state index contributed by atoms with van der Waals surface area (Å²) in [4.78, 5) is 14.1. The number of carbonyl (C=O) groups excluding carboxylic acids is 1. The fourth-order valence-electron chi connectivity index (χ4n) is 2.91. The van der Waals surface area contributed by atoms with Crippen LogP contribution in [0.4, 0.5) is 4.39 Å². The van der Waals surface area contributed by atoms with Gasteiger partial charge in [-0.25, -0.2) is 4.39 Å². The molecule has 1 amide bonds. The minimum atomic E-state index is -0.364. The number of nitrogens with zero attached hydrogens (tertiary/aromatic N) is 1. The maximum Gasteiger partial charge on any atom is 0.260 e. The first kappa shape index (κ1) is 16.9. The number of hydrogen-bond donors (Lipinski definition) is 1. The van der Waals surface area contributed by atoms with Crippen molar-refractivity contribution in [1.29, 1.82) is 0 Å². The summed E-state index contributed by atoms with van der Waals surface area (Å²) in [5.41, 5.74) is 7.34. The lowest BCUT2D eigenvalue weighted by atomic mass is 9.95. The topological polar surface area (TPSA) is 55.6 Å². The molecule has 1 aliphatic rings. The highest BCUT2D eigenvalue weighted by Crippen LogP contribution is 2.28. The second-order valence-electron chi connectivity index (χ2n) is 5.84. The van der Waals surface area contributed by atoms with Crippen molar-refractivity contribution in [2.75, 3.05) is 19.7 Å². The summed E-state index contributed by atoms with van der Waals surface area (Å²) >= 11 is 3.22. The molecule has 3 rings (SSSR count). The van der Waals surface area contributed by atoms with Crippen LogP contribution in [0.25, 0.3) is 0 Å². The van der Waals surface area contributed by atoms with Gasteiger partial charge in [-0.3, -0.25) is 4.79 Å². The number of likely N-dealkylation sites (tertiary alicyclic amines) is 1. The van der Waals surface area contributed by atoms with E-state index < -0.39 is 0 Å². The summed E-state index contributed by atoms with van der Waals surface area (Å²) < 4.78 is 19.0. The van der Waals surface area contributed by atoms with E-state index in [1.54, 1.807) is 4.90 Å². The monoisotopic (exact) mass is 392 g/mol. The van der Waals surface area contributed by atoms with Crippen molar-refractivity contribution in [3.8, 4) is 5.75 Å². The summed E-state index contributed by atoms with van der Waals surface area (Å²) in [6, 6.07) is 14.0. The molecule has 0 unspecified atom stereocenters. The Morgan fingerprint density at radius 2 is 2.00 bits per heavy atom. The molecule has 0 bridgehead atoms. The molecule has 2 atom stereocenters. The Morgan fingerprint density at radius 3 is 2.71 bits per heavy atom. The maximum atomic E-state index is 13.1. The van der Waals surface area contributed by atoms with Crippen LogP contribution in [-0.2, 0) is 4.79 Å². The van der Waals surface area contributed by atoms with E-state index in [2.05, 4.69) is 15.9 Å². The minimum Gasteiger partial charge on any atom is -0.483 e. The molecule has 4 nitrogen and oxygen atoms in total. The van der Waals surface area contributed by atoms with E-state index in [4.69, 9.17) is 10.5 Å². The normalized spacial score (nSPS) is 20.2. The summed E-state index contributed by atoms with van der Waals surface area (Å²) in [6.07, 6.45) is 0. The largest absolute Gasteiger partial charge is 0.483 e. The summed E-state index contributed by atoms with van der Waals surface area (Å²) in [5, 5.41) is 0. The van der Waals surface area contributed by atoms with Gasteiger partial charge in [-0.1, -0.05) is 30.3 Å². The molecule has 2 aromatic rings. The van der Waals surface area contributed by atoms with Gasteiger partial charge in [-0.05, 0) is 39.7 Å². The van der Waals surface area contributed by atoms with Gasteiger partial charge in [0.15, 0.2) is 6.61 Å². The van der Waals surface area contributed by atoms with Crippen molar-refractivity contribution in [2.24, 2.45) is 5.73 Å². The Kier molecular flexibility index (Phi) is 5.16. The highest BCUT2D eigenvalue weighted by atomic mass is 79.9. The zero-order valence-electron chi connectivity index (χ0n) is 13.0. The predicted molar refractivity (Wildman–Crippen MR) is 93.3 cm³/mol. The van der Waals surface area contributed by atoms with E-state index in [1.165, 1.54) is 18.2 Å². The average Bonchev–Trinajstić information content (AvgIpc) is 2.96. The average molecular weight is 393 g/mol. The molecule has 0 saturated carbocycles. The lowest BCUT2D eigenvalue weighted by Crippen LogP contribution is -2.35. The van der Waals surface area contributed by atoms with Crippen molar-refractivity contribution in [2.45, 2.75) is 12.0 Å². The van der Waals surface area contributed by atoms with Crippen molar-refractivity contribution in [3.05, 3.63) is 64.4 Å². The molecule has 6 heteroatoms. The van der Waals surface area contributed by atoms with Gasteiger partial charge in [0.05, 0.1) is 4.47 Å². The number of amides is 1. The maximum absolute atomic E-state index is 13.1. The van der Waals surface area contributed by atoms with Crippen LogP contribution in [0.5, 0.6) is 5.75 Å². The van der Waals surface area contributed by atoms with Gasteiger partial charge in [0, 0.05) is 25.0 Å². The summed E-state index contributed by atoms with van der Waals surface area (Å²) in [7, 11) is 0. The van der Waals surface area contributed by atoms with Gasteiger partial charge in [-0.15, -0.1) is 0 Å². The highest BCUT2D eigenvalue weighted by molar-refractivity contribution is 9.10. The molecule has 1 saturated heterocycles. The quantitative estimate of drug-likeness (QED) is 0.869. The van der Waals surface area contributed by atoms with Gasteiger partial charge in [0.1, 0.15) is 11.6 Å². The fourth-order valence-corrected chi connectivity index (χ4v) is 3.37. The third-order valence-corrected chi connectivity index (χ3v) is 4.81. The predicted octanol–water partition coefficient (Wildman–Crippen LogP) is 2.92. The van der Waals surface area contributed by atoms with E-state index in [9.17, 15) is 9.18 Å². The third kappa shape index (κ3) is 3.76. The number of benzene rings is 2. The van der Waals surface area contributed by atoms with Crippen LogP contribution in [0.2, 0.25) is 0 Å². The van der Waals surface area contributed by atoms with Crippen LogP contribution in [0.3, 0.4) is 0 Å². The molecule has 0 radical (unpaired) electrons. The van der Waals surface area contributed by atoms with E-state index in [-0.39, 0.29) is 30.3 Å². The lowest BCUT2D eigenvalue weighted by molar-refractivity contribution is -0.132. The Morgan fingerprint density at radius 1 is 1.25 bits per heavy atom. The number of hydrogen-bond acceptors (Lipinski definition) is 3. The summed E-state index contributed by atoms with van der Waals surface area (Å²) in [6.45, 7) is 0.989. The molecule has 126 valence electrons. The fraction of sp³-hybridized carbons (Fsp3) is 0.278. The standard InChI is InChI=1S/C18H18BrFN2O2/c19-15-8-13(20)6-7-17(15)24-11-18(23)22-9-14(16(21)10-22)12-4-2-1-3-5-12/h1-8,14,16H,9-11,21H2/t14-,16+/m0/s1. The SMILES string of the molecule is N[C@@H]1CN(C(=O)COc2ccc(F)cc2Br)C[C@H]1c1ccccc1. The van der Waals surface area contributed by atoms with Gasteiger partial charge in [-0.2, -0.15) is 0 Å². The van der Waals surface area contributed by atoms with Crippen LogP contribution < -0.4 is 10.5 Å². The van der Waals surface area contributed by atoms with Crippen LogP contribution in [0.1, 0.15) is 11.5 Å². The molecule has 1 heterocycles. The Labute approximate surface area is 148 Å². The number of ether oxygens (including phenoxy) is 1. The molecule has 24 heavy (non-hydrogen) atoms.